The van der Waals surface area contributed by atoms with Crippen molar-refractivity contribution in [2.45, 2.75) is 0 Å². The Bertz CT molecular complexity index is 612. The van der Waals surface area contributed by atoms with Crippen molar-refractivity contribution in [3.05, 3.63) is 29.0 Å². The average molecular weight is 235 g/mol. The number of hydrogen-bond donors (Lipinski definition) is 2. The lowest BCUT2D eigenvalue weighted by Crippen LogP contribution is -2.34. The molecule has 2 rings (SSSR count). The van der Waals surface area contributed by atoms with Gasteiger partial charge in [-0.1, -0.05) is 0 Å². The minimum absolute atomic E-state index is 0.0935. The molecule has 0 saturated carbocycles. The van der Waals surface area contributed by atoms with Crippen LogP contribution in [0.2, 0.25) is 0 Å². The Kier molecular flexibility index (Phi) is 2.43. The number of benzene rings is 1. The minimum atomic E-state index is -1.23. The second-order valence-corrected chi connectivity index (χ2v) is 3.32. The zero-order valence-corrected chi connectivity index (χ0v) is 8.88. The van der Waals surface area contributed by atoms with E-state index >= 15 is 0 Å². The number of nitrogens with zero attached hydrogens (tertiary/aromatic N) is 2. The second kappa shape index (κ2) is 3.78. The predicted octanol–water partition coefficient (Wildman–Crippen LogP) is 0.157. The van der Waals surface area contributed by atoms with Crippen molar-refractivity contribution >= 4 is 22.7 Å². The Morgan fingerprint density at radius 3 is 2.88 bits per heavy atom. The van der Waals surface area contributed by atoms with Crippen LogP contribution >= 0.6 is 0 Å². The number of carboxylic acids is 1. The van der Waals surface area contributed by atoms with Crippen LogP contribution in [0.15, 0.2) is 18.2 Å². The van der Waals surface area contributed by atoms with Gasteiger partial charge in [-0.15, -0.1) is 0 Å². The van der Waals surface area contributed by atoms with Crippen LogP contribution in [0.4, 0.5) is 5.82 Å². The molecule has 3 N–H and O–H groups in total. The smallest absolute Gasteiger partial charge is 0.340 e. The lowest BCUT2D eigenvalue weighted by molar-refractivity contribution is -0.641. The number of aromatic nitrogens is 2. The highest BCUT2D eigenvalue weighted by Gasteiger charge is 2.21. The number of anilines is 1. The highest BCUT2D eigenvalue weighted by Crippen LogP contribution is 2.23. The number of nitrogens with two attached hydrogens (primary N) is 1. The van der Waals surface area contributed by atoms with Crippen LogP contribution in [0.1, 0.15) is 10.4 Å². The van der Waals surface area contributed by atoms with Crippen LogP contribution < -0.4 is 15.3 Å². The fourth-order valence-corrected chi connectivity index (χ4v) is 1.57. The average Bonchev–Trinajstić information content (AvgIpc) is 2.28. The van der Waals surface area contributed by atoms with E-state index in [-0.39, 0.29) is 27.1 Å². The van der Waals surface area contributed by atoms with E-state index < -0.39 is 5.97 Å². The third-order valence-corrected chi connectivity index (χ3v) is 2.35. The number of carboxylic acid groups (broad SMARTS) is 1. The van der Waals surface area contributed by atoms with Crippen LogP contribution in [-0.2, 0) is 0 Å². The molecule has 2 aromatic rings. The van der Waals surface area contributed by atoms with Crippen molar-refractivity contribution < 1.29 is 19.5 Å². The summed E-state index contributed by atoms with van der Waals surface area (Å²) in [5, 5.41) is 24.2. The van der Waals surface area contributed by atoms with E-state index in [1.54, 1.807) is 6.07 Å². The normalized spacial score (nSPS) is 10.4. The fraction of sp³-hybridized carbons (Fsp3) is 0.100. The maximum absolute atomic E-state index is 11.5. The molecule has 7 nitrogen and oxygen atoms in total. The van der Waals surface area contributed by atoms with Crippen molar-refractivity contribution in [1.82, 2.24) is 5.10 Å². The summed E-state index contributed by atoms with van der Waals surface area (Å²) in [5.74, 6) is -1.11. The Morgan fingerprint density at radius 2 is 2.29 bits per heavy atom. The van der Waals surface area contributed by atoms with Crippen LogP contribution in [0.25, 0.3) is 10.9 Å². The van der Waals surface area contributed by atoms with Gasteiger partial charge in [0.15, 0.2) is 0 Å². The molecule has 0 aliphatic carbocycles. The Hall–Kier alpha value is -2.57. The summed E-state index contributed by atoms with van der Waals surface area (Å²) in [6.07, 6.45) is 0. The molecule has 1 heterocycles. The molecule has 0 fully saturated rings. The van der Waals surface area contributed by atoms with E-state index in [4.69, 9.17) is 15.6 Å². The summed E-state index contributed by atoms with van der Waals surface area (Å²) in [7, 11) is 1.44. The molecule has 0 spiro atoms. The summed E-state index contributed by atoms with van der Waals surface area (Å²) in [5.41, 5.74) is 5.32. The standard InChI is InChI=1S/C10H9N3O4/c1-17-5-2-3-6-7(4-5)13(16)12-9(11)8(6)10(14)15/h2-4H,1H3,(H2,11,12)(H,14,15). The molecular weight excluding hydrogens is 226 g/mol. The fourth-order valence-electron chi connectivity index (χ4n) is 1.57. The SMILES string of the molecule is COc1ccc2c(C(=O)O)c(N)n[n+]([O-])c2c1. The van der Waals surface area contributed by atoms with Gasteiger partial charge < -0.3 is 20.8 Å². The first-order valence-corrected chi connectivity index (χ1v) is 4.65. The first kappa shape index (κ1) is 10.9. The number of carbonyl (C=O) groups is 1. The van der Waals surface area contributed by atoms with Gasteiger partial charge in [0.1, 0.15) is 11.3 Å². The van der Waals surface area contributed by atoms with Gasteiger partial charge in [0.2, 0.25) is 5.82 Å². The van der Waals surface area contributed by atoms with Gasteiger partial charge in [-0.25, -0.2) is 4.79 Å². The van der Waals surface area contributed by atoms with Gasteiger partial charge in [-0.05, 0) is 17.0 Å². The summed E-state index contributed by atoms with van der Waals surface area (Å²) in [4.78, 5) is 11.3. The molecule has 88 valence electrons. The molecular formula is C10H9N3O4. The topological polar surface area (TPSA) is 112 Å². The monoisotopic (exact) mass is 235 g/mol. The highest BCUT2D eigenvalue weighted by atomic mass is 16.5. The first-order valence-electron chi connectivity index (χ1n) is 4.65. The predicted molar refractivity (Wildman–Crippen MR) is 58.6 cm³/mol. The van der Waals surface area contributed by atoms with Crippen molar-refractivity contribution in [2.75, 3.05) is 12.8 Å². The van der Waals surface area contributed by atoms with Crippen LogP contribution in [-0.4, -0.2) is 23.3 Å². The van der Waals surface area contributed by atoms with Crippen LogP contribution in [0.3, 0.4) is 0 Å². The van der Waals surface area contributed by atoms with E-state index in [1.807, 2.05) is 0 Å². The summed E-state index contributed by atoms with van der Waals surface area (Å²) in [6.45, 7) is 0. The lowest BCUT2D eigenvalue weighted by atomic mass is 10.1. The summed E-state index contributed by atoms with van der Waals surface area (Å²) >= 11 is 0. The number of nitrogen functional groups attached to an aromatic ring is 1. The number of fused-ring (bicyclic) bond motifs is 1. The Balaban J connectivity index is 2.88. The van der Waals surface area contributed by atoms with Crippen molar-refractivity contribution in [2.24, 2.45) is 0 Å². The van der Waals surface area contributed by atoms with Gasteiger partial charge in [0.05, 0.1) is 18.6 Å². The highest BCUT2D eigenvalue weighted by molar-refractivity contribution is 6.05. The number of ether oxygens (including phenoxy) is 1. The van der Waals surface area contributed by atoms with Crippen molar-refractivity contribution in [1.29, 1.82) is 0 Å². The molecule has 0 radical (unpaired) electrons. The van der Waals surface area contributed by atoms with E-state index in [0.29, 0.717) is 5.75 Å². The maximum atomic E-state index is 11.5. The molecule has 1 aromatic carbocycles. The molecule has 0 atom stereocenters. The number of methoxy groups -OCH3 is 1. The molecule has 0 aliphatic rings. The van der Waals surface area contributed by atoms with E-state index in [0.717, 1.165) is 0 Å². The minimum Gasteiger partial charge on any atom is -0.594 e. The van der Waals surface area contributed by atoms with E-state index in [2.05, 4.69) is 5.10 Å². The molecule has 0 amide bonds. The third kappa shape index (κ3) is 1.67. The summed E-state index contributed by atoms with van der Waals surface area (Å²) in [6, 6.07) is 4.42. The van der Waals surface area contributed by atoms with E-state index in [9.17, 15) is 10.0 Å². The van der Waals surface area contributed by atoms with Gasteiger partial charge in [-0.3, -0.25) is 0 Å². The Labute approximate surface area is 95.6 Å². The van der Waals surface area contributed by atoms with Gasteiger partial charge in [0, 0.05) is 5.10 Å². The quantitative estimate of drug-likeness (QED) is 0.566. The van der Waals surface area contributed by atoms with Crippen molar-refractivity contribution in [3.63, 3.8) is 0 Å². The maximum Gasteiger partial charge on any atom is 0.340 e. The molecule has 7 heteroatoms. The van der Waals surface area contributed by atoms with Crippen LogP contribution in [0.5, 0.6) is 5.75 Å². The van der Waals surface area contributed by atoms with Gasteiger partial charge >= 0.3 is 5.97 Å². The number of rotatable bonds is 2. The molecule has 0 saturated heterocycles. The Morgan fingerprint density at radius 1 is 1.59 bits per heavy atom. The first-order chi connectivity index (χ1) is 8.04. The number of hydrogen-bond acceptors (Lipinski definition) is 5. The summed E-state index contributed by atoms with van der Waals surface area (Å²) < 4.78 is 4.95. The zero-order valence-electron chi connectivity index (χ0n) is 8.88. The molecule has 0 bridgehead atoms. The van der Waals surface area contributed by atoms with Crippen LogP contribution in [0, 0.1) is 5.21 Å². The second-order valence-electron chi connectivity index (χ2n) is 3.32. The molecule has 1 aromatic heterocycles. The van der Waals surface area contributed by atoms with Gasteiger partial charge in [0.25, 0.3) is 5.52 Å². The lowest BCUT2D eigenvalue weighted by Gasteiger charge is -2.06. The third-order valence-electron chi connectivity index (χ3n) is 2.35. The number of aromatic carboxylic acids is 1. The van der Waals surface area contributed by atoms with Crippen molar-refractivity contribution in [3.8, 4) is 5.75 Å². The molecule has 0 aliphatic heterocycles. The molecule has 0 unspecified atom stereocenters. The zero-order chi connectivity index (χ0) is 12.6. The van der Waals surface area contributed by atoms with Gasteiger partial charge in [-0.2, -0.15) is 0 Å². The largest absolute Gasteiger partial charge is 0.594 e. The molecule has 17 heavy (non-hydrogen) atoms. The van der Waals surface area contributed by atoms with E-state index in [1.165, 1.54) is 19.2 Å².